The van der Waals surface area contributed by atoms with Crippen molar-refractivity contribution < 1.29 is 28.3 Å². The molecule has 1 N–H and O–H groups in total. The van der Waals surface area contributed by atoms with Crippen molar-refractivity contribution in [3.8, 4) is 0 Å². The maximum atomic E-state index is 13.4. The van der Waals surface area contributed by atoms with Gasteiger partial charge in [0.15, 0.2) is 11.5 Å². The van der Waals surface area contributed by atoms with Crippen LogP contribution in [0.2, 0.25) is 0 Å². The zero-order chi connectivity index (χ0) is 21.4. The van der Waals surface area contributed by atoms with Crippen LogP contribution in [0.1, 0.15) is 22.4 Å². The largest absolute Gasteiger partial charge is 0.503 e. The fourth-order valence-corrected chi connectivity index (χ4v) is 4.16. The van der Waals surface area contributed by atoms with Gasteiger partial charge in [-0.3, -0.25) is 14.5 Å². The molecule has 2 aliphatic heterocycles. The fraction of sp³-hybridized carbons (Fsp3) is 0.304. The first-order chi connectivity index (χ1) is 15.1. The number of aliphatic hydroxyl groups excluding tert-OH is 1. The molecule has 5 rings (SSSR count). The Hall–Kier alpha value is -3.36. The van der Waals surface area contributed by atoms with Gasteiger partial charge in [0.05, 0.1) is 25.1 Å². The van der Waals surface area contributed by atoms with Gasteiger partial charge in [-0.1, -0.05) is 18.2 Å². The van der Waals surface area contributed by atoms with Crippen LogP contribution >= 0.6 is 0 Å². The van der Waals surface area contributed by atoms with Gasteiger partial charge in [0.1, 0.15) is 17.4 Å². The maximum absolute atomic E-state index is 13.4. The fourth-order valence-electron chi connectivity index (χ4n) is 4.16. The topological polar surface area (TPSA) is 96.4 Å². The number of aliphatic hydroxyl groups is 1. The number of amides is 1. The third kappa shape index (κ3) is 3.54. The average Bonchev–Trinajstić information content (AvgIpc) is 3.52. The molecule has 8 heteroatoms. The van der Waals surface area contributed by atoms with Gasteiger partial charge in [0.25, 0.3) is 5.91 Å². The maximum Gasteiger partial charge on any atom is 0.290 e. The molecule has 0 radical (unpaired) electrons. The van der Waals surface area contributed by atoms with Crippen molar-refractivity contribution in [1.29, 1.82) is 0 Å². The van der Waals surface area contributed by atoms with E-state index in [1.165, 1.54) is 11.2 Å². The van der Waals surface area contributed by atoms with Crippen LogP contribution in [0.3, 0.4) is 0 Å². The molecule has 1 aromatic carbocycles. The molecule has 0 spiro atoms. The summed E-state index contributed by atoms with van der Waals surface area (Å²) in [6.07, 6.45) is 1.48. The smallest absolute Gasteiger partial charge is 0.290 e. The van der Waals surface area contributed by atoms with Crippen molar-refractivity contribution in [1.82, 2.24) is 9.80 Å². The van der Waals surface area contributed by atoms with Crippen molar-refractivity contribution in [3.05, 3.63) is 71.6 Å². The van der Waals surface area contributed by atoms with Crippen molar-refractivity contribution in [3.63, 3.8) is 0 Å². The van der Waals surface area contributed by atoms with E-state index in [0.717, 1.165) is 18.5 Å². The Morgan fingerprint density at radius 3 is 2.65 bits per heavy atom. The Kier molecular flexibility index (Phi) is 5.09. The predicted octanol–water partition coefficient (Wildman–Crippen LogP) is 2.94. The van der Waals surface area contributed by atoms with Crippen LogP contribution in [0, 0.1) is 0 Å². The van der Waals surface area contributed by atoms with Gasteiger partial charge in [0.2, 0.25) is 5.78 Å². The highest BCUT2D eigenvalue weighted by Crippen LogP contribution is 2.39. The summed E-state index contributed by atoms with van der Waals surface area (Å²) >= 11 is 0. The van der Waals surface area contributed by atoms with E-state index >= 15 is 0 Å². The number of benzene rings is 1. The Bertz CT molecular complexity index is 1110. The van der Waals surface area contributed by atoms with E-state index in [-0.39, 0.29) is 11.3 Å². The third-order valence-corrected chi connectivity index (χ3v) is 5.77. The highest BCUT2D eigenvalue weighted by atomic mass is 16.5. The van der Waals surface area contributed by atoms with Gasteiger partial charge in [-0.25, -0.2) is 0 Å². The predicted molar refractivity (Wildman–Crippen MR) is 111 cm³/mol. The molecule has 0 saturated carbocycles. The lowest BCUT2D eigenvalue weighted by Gasteiger charge is -2.30. The van der Waals surface area contributed by atoms with Crippen LogP contribution in [0.15, 0.2) is 68.9 Å². The van der Waals surface area contributed by atoms with Gasteiger partial charge < -0.3 is 23.6 Å². The lowest BCUT2D eigenvalue weighted by Crippen LogP contribution is -2.43. The number of fused-ring (bicyclic) bond motifs is 1. The number of hydrogen-bond acceptors (Lipinski definition) is 7. The first kappa shape index (κ1) is 19.6. The van der Waals surface area contributed by atoms with Gasteiger partial charge in [-0.2, -0.15) is 0 Å². The molecule has 4 heterocycles. The number of nitrogens with zero attached hydrogens (tertiary/aromatic N) is 2. The lowest BCUT2D eigenvalue weighted by molar-refractivity contribution is -0.130. The second kappa shape index (κ2) is 8.05. The Labute approximate surface area is 178 Å². The first-order valence-electron chi connectivity index (χ1n) is 10.2. The van der Waals surface area contributed by atoms with E-state index in [0.29, 0.717) is 37.6 Å². The molecule has 2 aromatic heterocycles. The molecular formula is C23H22N2O6. The van der Waals surface area contributed by atoms with Gasteiger partial charge in [0, 0.05) is 31.6 Å². The van der Waals surface area contributed by atoms with Crippen LogP contribution in [0.5, 0.6) is 0 Å². The summed E-state index contributed by atoms with van der Waals surface area (Å²) in [4.78, 5) is 30.0. The van der Waals surface area contributed by atoms with E-state index in [1.807, 2.05) is 18.2 Å². The normalized spacial score (nSPS) is 20.2. The van der Waals surface area contributed by atoms with Crippen molar-refractivity contribution >= 4 is 22.7 Å². The number of rotatable bonds is 6. The molecule has 160 valence electrons. The summed E-state index contributed by atoms with van der Waals surface area (Å²) in [7, 11) is 0. The number of carbonyl (C=O) groups is 2. The molecule has 0 bridgehead atoms. The van der Waals surface area contributed by atoms with E-state index in [1.54, 1.807) is 24.3 Å². The van der Waals surface area contributed by atoms with E-state index in [9.17, 15) is 14.7 Å². The van der Waals surface area contributed by atoms with Gasteiger partial charge in [-0.15, -0.1) is 0 Å². The summed E-state index contributed by atoms with van der Waals surface area (Å²) in [5, 5.41) is 11.5. The highest BCUT2D eigenvalue weighted by Gasteiger charge is 2.45. The number of morpholine rings is 1. The summed E-state index contributed by atoms with van der Waals surface area (Å²) in [6.45, 7) is 3.79. The number of carbonyl (C=O) groups excluding carboxylic acids is 2. The average molecular weight is 422 g/mol. The van der Waals surface area contributed by atoms with E-state index in [4.69, 9.17) is 13.6 Å². The molecular weight excluding hydrogens is 400 g/mol. The summed E-state index contributed by atoms with van der Waals surface area (Å²) in [5.41, 5.74) is 0.537. The molecule has 8 nitrogen and oxygen atoms in total. The Morgan fingerprint density at radius 1 is 1.10 bits per heavy atom. The zero-order valence-electron chi connectivity index (χ0n) is 16.8. The van der Waals surface area contributed by atoms with Gasteiger partial charge >= 0.3 is 0 Å². The molecule has 1 saturated heterocycles. The Morgan fingerprint density at radius 2 is 1.90 bits per heavy atom. The third-order valence-electron chi connectivity index (χ3n) is 5.77. The molecule has 0 unspecified atom stereocenters. The van der Waals surface area contributed by atoms with Crippen LogP contribution in [0.25, 0.3) is 11.0 Å². The van der Waals surface area contributed by atoms with Crippen LogP contribution < -0.4 is 0 Å². The van der Waals surface area contributed by atoms with Crippen molar-refractivity contribution in [2.45, 2.75) is 6.04 Å². The summed E-state index contributed by atoms with van der Waals surface area (Å²) < 4.78 is 16.6. The molecule has 3 aromatic rings. The summed E-state index contributed by atoms with van der Waals surface area (Å²) in [6, 6.07) is 11.5. The lowest BCUT2D eigenvalue weighted by atomic mass is 9.99. The SMILES string of the molecule is O=C(C1=C(O)C(=O)N(CCN2CCOCC2)[C@H]1c1ccco1)c1cc2ccccc2o1. The van der Waals surface area contributed by atoms with Crippen LogP contribution in [-0.4, -0.2) is 66.0 Å². The van der Waals surface area contributed by atoms with E-state index in [2.05, 4.69) is 4.90 Å². The van der Waals surface area contributed by atoms with E-state index < -0.39 is 23.5 Å². The minimum atomic E-state index is -0.816. The monoisotopic (exact) mass is 422 g/mol. The number of ether oxygens (including phenoxy) is 1. The highest BCUT2D eigenvalue weighted by molar-refractivity contribution is 6.15. The van der Waals surface area contributed by atoms with Gasteiger partial charge in [-0.05, 0) is 24.3 Å². The second-order valence-corrected chi connectivity index (χ2v) is 7.61. The van der Waals surface area contributed by atoms with Crippen LogP contribution in [0.4, 0.5) is 0 Å². The number of Topliss-reactive ketones (excluding diaryl/α,β-unsaturated/α-hetero) is 1. The summed E-state index contributed by atoms with van der Waals surface area (Å²) in [5.74, 6) is -1.19. The number of para-hydroxylation sites is 1. The molecule has 31 heavy (non-hydrogen) atoms. The first-order valence-corrected chi connectivity index (χ1v) is 10.2. The number of hydrogen-bond donors (Lipinski definition) is 1. The minimum absolute atomic E-state index is 0.0269. The number of furan rings is 2. The number of ketones is 1. The molecule has 1 atom stereocenters. The molecule has 1 amide bonds. The minimum Gasteiger partial charge on any atom is -0.503 e. The van der Waals surface area contributed by atoms with Crippen molar-refractivity contribution in [2.24, 2.45) is 0 Å². The second-order valence-electron chi connectivity index (χ2n) is 7.61. The zero-order valence-corrected chi connectivity index (χ0v) is 16.8. The molecule has 0 aliphatic carbocycles. The molecule has 2 aliphatic rings. The quantitative estimate of drug-likeness (QED) is 0.610. The molecule has 1 fully saturated rings. The standard InChI is InChI=1S/C23H22N2O6/c26-21(18-14-15-4-1-2-5-16(15)31-18)19-20(17-6-3-11-30-17)25(23(28)22(19)27)8-7-24-9-12-29-13-10-24/h1-6,11,14,20,27H,7-10,12-13H2/t20-/m0/s1. The Balaban J connectivity index is 1.47. The van der Waals surface area contributed by atoms with Crippen LogP contribution in [-0.2, 0) is 9.53 Å². The van der Waals surface area contributed by atoms with Crippen molar-refractivity contribution in [2.75, 3.05) is 39.4 Å².